The average molecular weight is 737 g/mol. The highest BCUT2D eigenvalue weighted by Crippen LogP contribution is 2.38. The van der Waals surface area contributed by atoms with Crippen molar-refractivity contribution < 1.29 is 19.4 Å². The van der Waals surface area contributed by atoms with Gasteiger partial charge in [0.2, 0.25) is 0 Å². The highest BCUT2D eigenvalue weighted by atomic mass is 35.5. The summed E-state index contributed by atoms with van der Waals surface area (Å²) in [5.41, 5.74) is 4.82. The number of aryl methyl sites for hydroxylation is 1. The molecule has 2 amide bonds. The summed E-state index contributed by atoms with van der Waals surface area (Å²) < 4.78 is 6.19. The van der Waals surface area contributed by atoms with Crippen molar-refractivity contribution in [3.63, 3.8) is 0 Å². The number of nitrogens with zero attached hydrogens (tertiary/aromatic N) is 2. The maximum Gasteiger partial charge on any atom is 0.265 e. The number of aromatic hydroxyl groups is 1. The number of hydrogen-bond acceptors (Lipinski definition) is 5. The largest absolute Gasteiger partial charge is 0.508 e. The lowest BCUT2D eigenvalue weighted by Crippen LogP contribution is -2.36. The van der Waals surface area contributed by atoms with E-state index in [0.717, 1.165) is 24.8 Å². The third kappa shape index (κ3) is 10.9. The number of aliphatic imine (C=N–C) groups is 1. The lowest BCUT2D eigenvalue weighted by atomic mass is 10.0. The average Bonchev–Trinajstić information content (AvgIpc) is 3.38. The lowest BCUT2D eigenvalue weighted by Gasteiger charge is -2.20. The molecule has 8 nitrogen and oxygen atoms in total. The molecular formula is C36H42Cl4N4O4. The topological polar surface area (TPSA) is 103 Å². The Labute approximate surface area is 302 Å². The van der Waals surface area contributed by atoms with Gasteiger partial charge < -0.3 is 15.2 Å². The van der Waals surface area contributed by atoms with Crippen LogP contribution in [0.4, 0.5) is 17.1 Å². The summed E-state index contributed by atoms with van der Waals surface area (Å²) in [4.78, 5) is 30.8. The first-order valence-electron chi connectivity index (χ1n) is 16.4. The van der Waals surface area contributed by atoms with Crippen molar-refractivity contribution >= 4 is 81.1 Å². The van der Waals surface area contributed by atoms with E-state index in [1.807, 2.05) is 6.92 Å². The van der Waals surface area contributed by atoms with Gasteiger partial charge in [0.15, 0.2) is 6.10 Å². The van der Waals surface area contributed by atoms with Crippen LogP contribution in [-0.4, -0.2) is 28.9 Å². The van der Waals surface area contributed by atoms with Gasteiger partial charge in [-0.2, -0.15) is 0 Å². The zero-order valence-corrected chi connectivity index (χ0v) is 30.3. The van der Waals surface area contributed by atoms with Crippen LogP contribution in [0.1, 0.15) is 89.5 Å². The summed E-state index contributed by atoms with van der Waals surface area (Å²) in [7, 11) is 0. The molecule has 258 valence electrons. The van der Waals surface area contributed by atoms with Gasteiger partial charge in [-0.05, 0) is 73.9 Å². The normalized spacial score (nSPS) is 14.3. The van der Waals surface area contributed by atoms with Crippen molar-refractivity contribution in [2.24, 2.45) is 4.99 Å². The summed E-state index contributed by atoms with van der Waals surface area (Å²) in [6.45, 7) is 4.06. The number of hydrazine groups is 1. The molecule has 1 aliphatic heterocycles. The number of benzene rings is 3. The minimum atomic E-state index is -0.743. The predicted molar refractivity (Wildman–Crippen MR) is 198 cm³/mol. The fourth-order valence-corrected chi connectivity index (χ4v) is 6.68. The molecule has 0 aromatic heterocycles. The Kier molecular flexibility index (Phi) is 14.6. The molecule has 3 N–H and O–H groups in total. The van der Waals surface area contributed by atoms with Crippen LogP contribution < -0.4 is 20.5 Å². The first kappa shape index (κ1) is 37.6. The van der Waals surface area contributed by atoms with Gasteiger partial charge in [-0.1, -0.05) is 111 Å². The van der Waals surface area contributed by atoms with E-state index in [-0.39, 0.29) is 44.7 Å². The molecule has 0 aliphatic carbocycles. The molecule has 0 radical (unpaired) electrons. The number of carbonyl (C=O) groups is 2. The van der Waals surface area contributed by atoms with E-state index in [1.165, 1.54) is 62.1 Å². The van der Waals surface area contributed by atoms with Gasteiger partial charge in [0.25, 0.3) is 11.8 Å². The molecule has 0 saturated carbocycles. The molecular weight excluding hydrogens is 694 g/mol. The van der Waals surface area contributed by atoms with Crippen molar-refractivity contribution in [2.75, 3.05) is 10.3 Å². The first-order valence-corrected chi connectivity index (χ1v) is 17.9. The number of hydrogen-bond donors (Lipinski definition) is 3. The number of amides is 2. The van der Waals surface area contributed by atoms with Crippen molar-refractivity contribution in [1.82, 2.24) is 5.43 Å². The molecule has 1 unspecified atom stereocenters. The molecule has 0 spiro atoms. The molecule has 1 saturated heterocycles. The molecule has 1 heterocycles. The zero-order chi connectivity index (χ0) is 34.6. The number of rotatable bonds is 17. The first-order chi connectivity index (χ1) is 23.0. The Morgan fingerprint density at radius 3 is 2.19 bits per heavy atom. The summed E-state index contributed by atoms with van der Waals surface area (Å²) in [6, 6.07) is 12.8. The van der Waals surface area contributed by atoms with Gasteiger partial charge in [-0.15, -0.1) is 0 Å². The number of ether oxygens (including phenoxy) is 1. The Bertz CT molecular complexity index is 1590. The number of carbonyl (C=O) groups excluding carboxylic acids is 2. The van der Waals surface area contributed by atoms with Crippen molar-refractivity contribution in [3.8, 4) is 11.5 Å². The second kappa shape index (κ2) is 18.6. The van der Waals surface area contributed by atoms with E-state index in [0.29, 0.717) is 34.4 Å². The number of phenolic OH excluding ortho intramolecular Hbond substituents is 1. The number of phenols is 1. The van der Waals surface area contributed by atoms with Gasteiger partial charge >= 0.3 is 0 Å². The second-order valence-corrected chi connectivity index (χ2v) is 13.6. The molecule has 4 rings (SSSR count). The fourth-order valence-electron chi connectivity index (χ4n) is 5.47. The quantitative estimate of drug-likeness (QED) is 0.120. The van der Waals surface area contributed by atoms with Crippen LogP contribution in [0.3, 0.4) is 0 Å². The Balaban J connectivity index is 1.38. The van der Waals surface area contributed by atoms with Crippen molar-refractivity contribution in [1.29, 1.82) is 0 Å². The van der Waals surface area contributed by atoms with Crippen molar-refractivity contribution in [2.45, 2.75) is 97.0 Å². The Morgan fingerprint density at radius 1 is 0.917 bits per heavy atom. The van der Waals surface area contributed by atoms with Crippen LogP contribution in [0.2, 0.25) is 20.1 Å². The minimum Gasteiger partial charge on any atom is -0.508 e. The lowest BCUT2D eigenvalue weighted by molar-refractivity contribution is -0.123. The Morgan fingerprint density at radius 2 is 1.56 bits per heavy atom. The molecule has 3 aromatic rings. The second-order valence-electron chi connectivity index (χ2n) is 12.0. The fraction of sp³-hybridized carbons (Fsp3) is 0.417. The SMILES string of the molecule is CCCCCCCCCCCCC(Oc1ccc(O)cc1C)C(=O)Nc1ccc(N=C2CC(=O)N(c3c(Cl)cc(Cl)cc3Cl)N2)c(Cl)c1. The van der Waals surface area contributed by atoms with Gasteiger partial charge in [0.1, 0.15) is 23.0 Å². The number of unbranched alkanes of at least 4 members (excludes halogenated alkanes) is 9. The third-order valence-electron chi connectivity index (χ3n) is 8.02. The highest BCUT2D eigenvalue weighted by Gasteiger charge is 2.30. The smallest absolute Gasteiger partial charge is 0.265 e. The highest BCUT2D eigenvalue weighted by molar-refractivity contribution is 6.42. The monoisotopic (exact) mass is 734 g/mol. The van der Waals surface area contributed by atoms with Gasteiger partial charge in [0.05, 0.1) is 27.2 Å². The molecule has 12 heteroatoms. The molecule has 1 aliphatic rings. The number of anilines is 2. The van der Waals surface area contributed by atoms with Gasteiger partial charge in [-0.25, -0.2) is 10.0 Å². The van der Waals surface area contributed by atoms with Crippen LogP contribution >= 0.6 is 46.4 Å². The number of nitrogens with one attached hydrogen (secondary N) is 2. The number of halogens is 4. The van der Waals surface area contributed by atoms with E-state index in [4.69, 9.17) is 51.1 Å². The minimum absolute atomic E-state index is 0.0290. The number of amidine groups is 1. The van der Waals surface area contributed by atoms with Crippen LogP contribution in [0.15, 0.2) is 53.5 Å². The Hall–Kier alpha value is -3.17. The maximum absolute atomic E-state index is 13.5. The standard InChI is InChI=1S/C36H42Cl4N4O4/c1-3-4-5-6-7-8-9-10-11-12-13-32(48-31-17-15-26(45)18-23(31)2)36(47)41-25-14-16-30(27(38)21-25)42-33-22-34(46)44(43-33)35-28(39)19-24(37)20-29(35)40/h14-21,32,45H,3-13,22H2,1-2H3,(H,41,47)(H,42,43). The maximum atomic E-state index is 13.5. The zero-order valence-electron chi connectivity index (χ0n) is 27.3. The molecule has 1 atom stereocenters. The van der Waals surface area contributed by atoms with E-state index in [2.05, 4.69) is 22.7 Å². The van der Waals surface area contributed by atoms with Gasteiger partial charge in [0, 0.05) is 10.7 Å². The molecule has 1 fully saturated rings. The summed E-state index contributed by atoms with van der Waals surface area (Å²) in [6.07, 6.45) is 11.7. The van der Waals surface area contributed by atoms with Gasteiger partial charge in [-0.3, -0.25) is 15.0 Å². The molecule has 3 aromatic carbocycles. The van der Waals surface area contributed by atoms with Crippen molar-refractivity contribution in [3.05, 3.63) is 74.2 Å². The van der Waals surface area contributed by atoms with Crippen LogP contribution in [0, 0.1) is 6.92 Å². The molecule has 0 bridgehead atoms. The third-order valence-corrected chi connectivity index (χ3v) is 9.12. The van der Waals surface area contributed by atoms with Crippen LogP contribution in [0.5, 0.6) is 11.5 Å². The predicted octanol–water partition coefficient (Wildman–Crippen LogP) is 11.0. The van der Waals surface area contributed by atoms with Crippen LogP contribution in [0.25, 0.3) is 0 Å². The summed E-state index contributed by atoms with van der Waals surface area (Å²) in [5, 5.41) is 15.0. The van der Waals surface area contributed by atoms with E-state index < -0.39 is 6.10 Å². The van der Waals surface area contributed by atoms with E-state index in [1.54, 1.807) is 36.4 Å². The summed E-state index contributed by atoms with van der Waals surface area (Å²) in [5.74, 6) is 0.408. The van der Waals surface area contributed by atoms with E-state index >= 15 is 0 Å². The summed E-state index contributed by atoms with van der Waals surface area (Å²) >= 11 is 25.2. The van der Waals surface area contributed by atoms with Crippen LogP contribution in [-0.2, 0) is 9.59 Å². The van der Waals surface area contributed by atoms with E-state index in [9.17, 15) is 14.7 Å². The molecule has 48 heavy (non-hydrogen) atoms.